The van der Waals surface area contributed by atoms with Crippen LogP contribution in [0.3, 0.4) is 0 Å². The van der Waals surface area contributed by atoms with Crippen LogP contribution in [0.25, 0.3) is 0 Å². The van der Waals surface area contributed by atoms with Crippen molar-refractivity contribution in [3.8, 4) is 0 Å². The number of rotatable bonds is 5. The number of nitrogens with one attached hydrogen (secondary N) is 2. The highest BCUT2D eigenvalue weighted by atomic mass is 32.2. The molecule has 1 amide bonds. The third-order valence-corrected chi connectivity index (χ3v) is 5.30. The first-order valence-corrected chi connectivity index (χ1v) is 8.74. The van der Waals surface area contributed by atoms with Gasteiger partial charge >= 0.3 is 0 Å². The van der Waals surface area contributed by atoms with Crippen LogP contribution in [0.4, 0.5) is 0 Å². The third-order valence-electron chi connectivity index (χ3n) is 4.16. The second-order valence-electron chi connectivity index (χ2n) is 5.68. The Balaban J connectivity index is 1.71. The molecule has 3 atom stereocenters. The minimum atomic E-state index is 0.164. The summed E-state index contributed by atoms with van der Waals surface area (Å²) < 4.78 is 5.37. The smallest absolute Gasteiger partial charge is 0.221 e. The van der Waals surface area contributed by atoms with Gasteiger partial charge in [-0.25, -0.2) is 0 Å². The van der Waals surface area contributed by atoms with Gasteiger partial charge in [-0.1, -0.05) is 0 Å². The Bertz CT molecular complexity index is 305. The lowest BCUT2D eigenvalue weighted by atomic mass is 10.1. The van der Waals surface area contributed by atoms with Gasteiger partial charge in [-0.15, -0.1) is 0 Å². The molecule has 116 valence electrons. The van der Waals surface area contributed by atoms with Crippen LogP contribution in [0.15, 0.2) is 0 Å². The molecule has 6 heteroatoms. The van der Waals surface area contributed by atoms with Gasteiger partial charge in [0.25, 0.3) is 0 Å². The number of carbonyl (C=O) groups excluding carboxylic acids is 1. The molecule has 2 heterocycles. The van der Waals surface area contributed by atoms with Crippen LogP contribution in [0.5, 0.6) is 0 Å². The molecule has 0 saturated carbocycles. The van der Waals surface area contributed by atoms with Gasteiger partial charge in [-0.3, -0.25) is 9.69 Å². The summed E-state index contributed by atoms with van der Waals surface area (Å²) in [7, 11) is 0. The minimum Gasteiger partial charge on any atom is -0.379 e. The predicted octanol–water partition coefficient (Wildman–Crippen LogP) is 0.307. The molecule has 2 aliphatic heterocycles. The Morgan fingerprint density at radius 2 is 2.20 bits per heavy atom. The fraction of sp³-hybridized carbons (Fsp3) is 0.929. The van der Waals surface area contributed by atoms with E-state index >= 15 is 0 Å². The van der Waals surface area contributed by atoms with Crippen LogP contribution >= 0.6 is 11.8 Å². The molecule has 0 aromatic heterocycles. The Morgan fingerprint density at radius 1 is 1.45 bits per heavy atom. The molecule has 20 heavy (non-hydrogen) atoms. The summed E-state index contributed by atoms with van der Waals surface area (Å²) in [5.41, 5.74) is 0. The van der Waals surface area contributed by atoms with Crippen LogP contribution < -0.4 is 10.6 Å². The summed E-state index contributed by atoms with van der Waals surface area (Å²) in [5.74, 6) is 2.36. The maximum atomic E-state index is 12.1. The van der Waals surface area contributed by atoms with E-state index in [1.165, 1.54) is 0 Å². The Morgan fingerprint density at radius 3 is 2.85 bits per heavy atom. The molecule has 0 aliphatic carbocycles. The number of hydrogen-bond acceptors (Lipinski definition) is 5. The maximum Gasteiger partial charge on any atom is 0.221 e. The van der Waals surface area contributed by atoms with Gasteiger partial charge in [-0.2, -0.15) is 11.8 Å². The number of nitrogens with zero attached hydrogens (tertiary/aromatic N) is 1. The van der Waals surface area contributed by atoms with Gasteiger partial charge in [-0.05, 0) is 13.8 Å². The molecule has 2 N–H and O–H groups in total. The lowest BCUT2D eigenvalue weighted by molar-refractivity contribution is -0.122. The molecule has 3 unspecified atom stereocenters. The fourth-order valence-corrected chi connectivity index (χ4v) is 3.66. The molecule has 2 saturated heterocycles. The Labute approximate surface area is 126 Å². The van der Waals surface area contributed by atoms with E-state index in [-0.39, 0.29) is 11.9 Å². The topological polar surface area (TPSA) is 53.6 Å². The van der Waals surface area contributed by atoms with Crippen molar-refractivity contribution in [2.75, 3.05) is 44.4 Å². The zero-order chi connectivity index (χ0) is 14.4. The van der Waals surface area contributed by atoms with Crippen LogP contribution in [-0.2, 0) is 9.53 Å². The van der Waals surface area contributed by atoms with E-state index in [4.69, 9.17) is 4.74 Å². The van der Waals surface area contributed by atoms with Gasteiger partial charge < -0.3 is 15.4 Å². The summed E-state index contributed by atoms with van der Waals surface area (Å²) in [6.45, 7) is 8.82. The normalized spacial score (nSPS) is 27.8. The van der Waals surface area contributed by atoms with Crippen molar-refractivity contribution in [1.29, 1.82) is 0 Å². The van der Waals surface area contributed by atoms with Gasteiger partial charge in [0.1, 0.15) is 0 Å². The molecule has 0 spiro atoms. The van der Waals surface area contributed by atoms with E-state index < -0.39 is 0 Å². The lowest BCUT2D eigenvalue weighted by Crippen LogP contribution is -2.53. The lowest BCUT2D eigenvalue weighted by Gasteiger charge is -2.36. The number of hydrogen-bond donors (Lipinski definition) is 2. The summed E-state index contributed by atoms with van der Waals surface area (Å²) in [6, 6.07) is 0.869. The molecule has 5 nitrogen and oxygen atoms in total. The molecule has 0 bridgehead atoms. The number of morpholine rings is 1. The minimum absolute atomic E-state index is 0.164. The third kappa shape index (κ3) is 4.91. The van der Waals surface area contributed by atoms with Crippen LogP contribution in [0.2, 0.25) is 0 Å². The first kappa shape index (κ1) is 16.1. The largest absolute Gasteiger partial charge is 0.379 e. The second-order valence-corrected chi connectivity index (χ2v) is 6.83. The number of thioether (sulfide) groups is 1. The fourth-order valence-electron chi connectivity index (χ4n) is 2.71. The monoisotopic (exact) mass is 301 g/mol. The van der Waals surface area contributed by atoms with Crippen molar-refractivity contribution in [3.05, 3.63) is 0 Å². The molecule has 2 fully saturated rings. The summed E-state index contributed by atoms with van der Waals surface area (Å²) in [6.07, 6.45) is 0.590. The maximum absolute atomic E-state index is 12.1. The van der Waals surface area contributed by atoms with E-state index in [1.807, 2.05) is 11.8 Å². The van der Waals surface area contributed by atoms with Gasteiger partial charge in [0.2, 0.25) is 5.91 Å². The van der Waals surface area contributed by atoms with E-state index in [0.29, 0.717) is 18.5 Å². The summed E-state index contributed by atoms with van der Waals surface area (Å²) in [4.78, 5) is 14.5. The van der Waals surface area contributed by atoms with Crippen LogP contribution in [0, 0.1) is 0 Å². The Kier molecular flexibility index (Phi) is 6.61. The average Bonchev–Trinajstić information content (AvgIpc) is 2.48. The first-order chi connectivity index (χ1) is 9.66. The predicted molar refractivity (Wildman–Crippen MR) is 83.2 cm³/mol. The van der Waals surface area contributed by atoms with Crippen molar-refractivity contribution in [1.82, 2.24) is 15.5 Å². The molecular weight excluding hydrogens is 274 g/mol. The zero-order valence-electron chi connectivity index (χ0n) is 12.6. The van der Waals surface area contributed by atoms with Crippen molar-refractivity contribution in [2.24, 2.45) is 0 Å². The van der Waals surface area contributed by atoms with Crippen molar-refractivity contribution in [3.63, 3.8) is 0 Å². The van der Waals surface area contributed by atoms with Gasteiger partial charge in [0.05, 0.1) is 13.2 Å². The highest BCUT2D eigenvalue weighted by Crippen LogP contribution is 2.11. The van der Waals surface area contributed by atoms with Gasteiger partial charge in [0, 0.05) is 55.7 Å². The molecule has 0 aromatic rings. The standard InChI is InChI=1S/C14H27N3O2S/c1-11(12(2)17-4-6-19-7-5-17)16-14(18)9-13-10-20-8-3-15-13/h11-13,15H,3-10H2,1-2H3,(H,16,18). The van der Waals surface area contributed by atoms with E-state index in [0.717, 1.165) is 44.4 Å². The van der Waals surface area contributed by atoms with Crippen LogP contribution in [-0.4, -0.2) is 73.3 Å². The average molecular weight is 301 g/mol. The molecule has 0 radical (unpaired) electrons. The SMILES string of the molecule is CC(NC(=O)CC1CSCCN1)C(C)N1CCOCC1. The number of carbonyl (C=O) groups is 1. The van der Waals surface area contributed by atoms with Crippen molar-refractivity contribution in [2.45, 2.75) is 38.4 Å². The second kappa shape index (κ2) is 8.22. The summed E-state index contributed by atoms with van der Waals surface area (Å²) in [5, 5.41) is 6.56. The van der Waals surface area contributed by atoms with Crippen LogP contribution in [0.1, 0.15) is 20.3 Å². The van der Waals surface area contributed by atoms with E-state index in [1.54, 1.807) is 0 Å². The molecule has 2 aliphatic rings. The number of amides is 1. The first-order valence-electron chi connectivity index (χ1n) is 7.59. The quantitative estimate of drug-likeness (QED) is 0.765. The molecule has 2 rings (SSSR count). The van der Waals surface area contributed by atoms with E-state index in [2.05, 4.69) is 29.4 Å². The molecular formula is C14H27N3O2S. The highest BCUT2D eigenvalue weighted by Gasteiger charge is 2.24. The Hall–Kier alpha value is -0.300. The summed E-state index contributed by atoms with van der Waals surface area (Å²) >= 11 is 1.93. The molecule has 0 aromatic carbocycles. The van der Waals surface area contributed by atoms with Gasteiger partial charge in [0.15, 0.2) is 0 Å². The highest BCUT2D eigenvalue weighted by molar-refractivity contribution is 7.99. The van der Waals surface area contributed by atoms with Crippen molar-refractivity contribution < 1.29 is 9.53 Å². The van der Waals surface area contributed by atoms with E-state index in [9.17, 15) is 4.79 Å². The van der Waals surface area contributed by atoms with Crippen molar-refractivity contribution >= 4 is 17.7 Å². The number of ether oxygens (including phenoxy) is 1. The zero-order valence-corrected chi connectivity index (χ0v) is 13.4.